The summed E-state index contributed by atoms with van der Waals surface area (Å²) >= 11 is 0. The van der Waals surface area contributed by atoms with Gasteiger partial charge in [0.25, 0.3) is 0 Å². The predicted molar refractivity (Wildman–Crippen MR) is 62.4 cm³/mol. The molecule has 19 heavy (non-hydrogen) atoms. The van der Waals surface area contributed by atoms with Gasteiger partial charge in [-0.05, 0) is 5.56 Å². The molecule has 0 aromatic heterocycles. The molecule has 0 heterocycles. The van der Waals surface area contributed by atoms with E-state index >= 15 is 0 Å². The molecule has 0 radical (unpaired) electrons. The minimum atomic E-state index is -4.62. The Kier molecular flexibility index (Phi) is 5.30. The topological polar surface area (TPSA) is 72.7 Å². The molecule has 1 aromatic rings. The van der Waals surface area contributed by atoms with Crippen molar-refractivity contribution in [1.82, 2.24) is 5.32 Å². The van der Waals surface area contributed by atoms with E-state index in [4.69, 9.17) is 15.3 Å². The fraction of sp³-hybridized carbons (Fsp3) is 0.500. The van der Waals surface area contributed by atoms with E-state index in [0.29, 0.717) is 0 Å². The quantitative estimate of drug-likeness (QED) is 0.615. The van der Waals surface area contributed by atoms with Crippen molar-refractivity contribution in [3.05, 3.63) is 35.9 Å². The number of nitrogens with one attached hydrogen (secondary N) is 1. The second-order valence-corrected chi connectivity index (χ2v) is 4.28. The maximum atomic E-state index is 13.0. The molecule has 0 saturated heterocycles. The lowest BCUT2D eigenvalue weighted by atomic mass is 9.98. The summed E-state index contributed by atoms with van der Waals surface area (Å²) in [5.41, 5.74) is -1.86. The van der Waals surface area contributed by atoms with E-state index < -0.39 is 37.6 Å². The lowest BCUT2D eigenvalue weighted by Crippen LogP contribution is -2.58. The van der Waals surface area contributed by atoms with Crippen LogP contribution in [0, 0.1) is 0 Å². The van der Waals surface area contributed by atoms with Crippen LogP contribution in [0.1, 0.15) is 11.6 Å². The highest BCUT2D eigenvalue weighted by Crippen LogP contribution is 2.34. The zero-order valence-corrected chi connectivity index (χ0v) is 10.1. The molecule has 0 fully saturated rings. The number of halogens is 3. The summed E-state index contributed by atoms with van der Waals surface area (Å²) in [6, 6.07) is 4.96. The second kappa shape index (κ2) is 6.33. The monoisotopic (exact) mass is 279 g/mol. The fourth-order valence-corrected chi connectivity index (χ4v) is 1.59. The molecule has 1 atom stereocenters. The summed E-state index contributed by atoms with van der Waals surface area (Å²) in [5, 5.41) is 29.4. The van der Waals surface area contributed by atoms with Crippen LogP contribution in [0.2, 0.25) is 0 Å². The lowest BCUT2D eigenvalue weighted by Gasteiger charge is -2.34. The van der Waals surface area contributed by atoms with Crippen molar-refractivity contribution < 1.29 is 28.5 Å². The first-order valence-electron chi connectivity index (χ1n) is 5.60. The highest BCUT2D eigenvalue weighted by Gasteiger charge is 2.45. The largest absolute Gasteiger partial charge is 0.407 e. The van der Waals surface area contributed by atoms with Gasteiger partial charge in [0.1, 0.15) is 6.04 Å². The van der Waals surface area contributed by atoms with E-state index in [1.54, 1.807) is 6.07 Å². The van der Waals surface area contributed by atoms with E-state index in [1.165, 1.54) is 24.3 Å². The van der Waals surface area contributed by atoms with Crippen LogP contribution in [0.15, 0.2) is 30.3 Å². The first-order valence-corrected chi connectivity index (χ1v) is 5.60. The summed E-state index contributed by atoms with van der Waals surface area (Å²) in [6.45, 7) is -2.46. The molecule has 108 valence electrons. The highest BCUT2D eigenvalue weighted by molar-refractivity contribution is 5.21. The van der Waals surface area contributed by atoms with Crippen LogP contribution in [0.5, 0.6) is 0 Å². The Morgan fingerprint density at radius 2 is 1.42 bits per heavy atom. The number of aliphatic hydroxyl groups excluding tert-OH is 3. The average Bonchev–Trinajstić information content (AvgIpc) is 2.41. The molecule has 1 unspecified atom stereocenters. The van der Waals surface area contributed by atoms with Crippen molar-refractivity contribution in [3.8, 4) is 0 Å². The molecule has 0 aliphatic rings. The molecule has 1 rings (SSSR count). The smallest absolute Gasteiger partial charge is 0.394 e. The first kappa shape index (κ1) is 15.9. The zero-order chi connectivity index (χ0) is 14.5. The van der Waals surface area contributed by atoms with Crippen LogP contribution < -0.4 is 5.32 Å². The summed E-state index contributed by atoms with van der Waals surface area (Å²) < 4.78 is 39.1. The molecule has 4 nitrogen and oxygen atoms in total. The van der Waals surface area contributed by atoms with Crippen molar-refractivity contribution in [3.63, 3.8) is 0 Å². The lowest BCUT2D eigenvalue weighted by molar-refractivity contribution is -0.167. The number of hydrogen-bond acceptors (Lipinski definition) is 4. The Hall–Kier alpha value is -1.15. The Balaban J connectivity index is 3.07. The van der Waals surface area contributed by atoms with Gasteiger partial charge >= 0.3 is 6.18 Å². The Morgan fingerprint density at radius 3 is 1.79 bits per heavy atom. The summed E-state index contributed by atoms with van der Waals surface area (Å²) in [6.07, 6.45) is -4.62. The van der Waals surface area contributed by atoms with E-state index in [9.17, 15) is 13.2 Å². The predicted octanol–water partition coefficient (Wildman–Crippen LogP) is 0.595. The van der Waals surface area contributed by atoms with Crippen molar-refractivity contribution in [1.29, 1.82) is 0 Å². The fourth-order valence-electron chi connectivity index (χ4n) is 1.59. The number of alkyl halides is 3. The summed E-state index contributed by atoms with van der Waals surface area (Å²) in [4.78, 5) is 0. The van der Waals surface area contributed by atoms with Gasteiger partial charge in [-0.15, -0.1) is 0 Å². The van der Waals surface area contributed by atoms with E-state index in [0.717, 1.165) is 0 Å². The van der Waals surface area contributed by atoms with Gasteiger partial charge in [-0.3, -0.25) is 5.32 Å². The molecule has 7 heteroatoms. The zero-order valence-electron chi connectivity index (χ0n) is 10.1. The third kappa shape index (κ3) is 3.90. The molecule has 0 aliphatic carbocycles. The van der Waals surface area contributed by atoms with Gasteiger partial charge in [0, 0.05) is 0 Å². The number of benzene rings is 1. The van der Waals surface area contributed by atoms with Crippen molar-refractivity contribution in [2.45, 2.75) is 17.8 Å². The molecule has 0 spiro atoms. The van der Waals surface area contributed by atoms with Gasteiger partial charge in [-0.2, -0.15) is 13.2 Å². The van der Waals surface area contributed by atoms with Crippen LogP contribution >= 0.6 is 0 Å². The minimum Gasteiger partial charge on any atom is -0.394 e. The first-order chi connectivity index (χ1) is 8.88. The van der Waals surface area contributed by atoms with Gasteiger partial charge < -0.3 is 15.3 Å². The third-order valence-corrected chi connectivity index (χ3v) is 2.82. The number of hydrogen-bond donors (Lipinski definition) is 4. The Bertz CT molecular complexity index is 371. The second-order valence-electron chi connectivity index (χ2n) is 4.28. The molecule has 0 amide bonds. The van der Waals surface area contributed by atoms with Crippen LogP contribution in [0.25, 0.3) is 0 Å². The number of rotatable bonds is 6. The average molecular weight is 279 g/mol. The van der Waals surface area contributed by atoms with Crippen LogP contribution in [0.3, 0.4) is 0 Å². The molecule has 1 aromatic carbocycles. The molecule has 0 saturated carbocycles. The Labute approximate surface area is 108 Å². The van der Waals surface area contributed by atoms with Crippen LogP contribution in [-0.2, 0) is 0 Å². The molecular weight excluding hydrogens is 263 g/mol. The third-order valence-electron chi connectivity index (χ3n) is 2.82. The van der Waals surface area contributed by atoms with Gasteiger partial charge in [0.15, 0.2) is 0 Å². The minimum absolute atomic E-state index is 0.0604. The van der Waals surface area contributed by atoms with Crippen LogP contribution in [-0.4, -0.2) is 46.9 Å². The Morgan fingerprint density at radius 1 is 0.947 bits per heavy atom. The molecule has 0 aliphatic heterocycles. The molecule has 4 N–H and O–H groups in total. The number of aliphatic hydroxyl groups is 3. The van der Waals surface area contributed by atoms with Crippen molar-refractivity contribution >= 4 is 0 Å². The highest BCUT2D eigenvalue weighted by atomic mass is 19.4. The summed E-state index contributed by atoms with van der Waals surface area (Å²) in [7, 11) is 0. The van der Waals surface area contributed by atoms with Crippen molar-refractivity contribution in [2.75, 3.05) is 19.8 Å². The van der Waals surface area contributed by atoms with Crippen molar-refractivity contribution in [2.24, 2.45) is 0 Å². The SMILES string of the molecule is OCC(CO)(CO)NC(c1ccccc1)C(F)(F)F. The van der Waals surface area contributed by atoms with Gasteiger partial charge in [-0.1, -0.05) is 30.3 Å². The van der Waals surface area contributed by atoms with E-state index in [2.05, 4.69) is 5.32 Å². The molecular formula is C12H16F3NO3. The standard InChI is InChI=1S/C12H16F3NO3/c13-12(14,15)10(9-4-2-1-3-5-9)16-11(6-17,7-18)8-19/h1-5,10,16-19H,6-8H2. The molecule has 0 bridgehead atoms. The van der Waals surface area contributed by atoms with Gasteiger partial charge in [0.2, 0.25) is 0 Å². The van der Waals surface area contributed by atoms with E-state index in [1.807, 2.05) is 0 Å². The summed E-state index contributed by atoms with van der Waals surface area (Å²) in [5.74, 6) is 0. The maximum Gasteiger partial charge on any atom is 0.407 e. The van der Waals surface area contributed by atoms with Crippen LogP contribution in [0.4, 0.5) is 13.2 Å². The van der Waals surface area contributed by atoms with E-state index in [-0.39, 0.29) is 5.56 Å². The normalized spacial score (nSPS) is 14.4. The van der Waals surface area contributed by atoms with Gasteiger partial charge in [-0.25, -0.2) is 0 Å². The maximum absolute atomic E-state index is 13.0. The van der Waals surface area contributed by atoms with Gasteiger partial charge in [0.05, 0.1) is 25.4 Å².